The van der Waals surface area contributed by atoms with E-state index in [-0.39, 0.29) is 5.91 Å². The third kappa shape index (κ3) is 1.82. The lowest BCUT2D eigenvalue weighted by Gasteiger charge is -2.26. The van der Waals surface area contributed by atoms with Crippen LogP contribution in [0.1, 0.15) is 37.9 Å². The highest BCUT2D eigenvalue weighted by molar-refractivity contribution is 6.03. The van der Waals surface area contributed by atoms with E-state index in [1.165, 1.54) is 12.8 Å². The Kier molecular flexibility index (Phi) is 2.97. The van der Waals surface area contributed by atoms with Crippen LogP contribution in [0.5, 0.6) is 0 Å². The second-order valence-electron chi connectivity index (χ2n) is 5.44. The molecule has 0 saturated carbocycles. The zero-order valence-electron chi connectivity index (χ0n) is 11.5. The third-order valence-corrected chi connectivity index (χ3v) is 4.41. The maximum atomic E-state index is 11.8. The van der Waals surface area contributed by atoms with Crippen molar-refractivity contribution < 1.29 is 9.90 Å². The van der Waals surface area contributed by atoms with Crippen molar-refractivity contribution in [1.82, 2.24) is 0 Å². The van der Waals surface area contributed by atoms with Gasteiger partial charge in [0.15, 0.2) is 6.10 Å². The molecule has 1 aromatic carbocycles. The Balaban J connectivity index is 1.97. The lowest BCUT2D eigenvalue weighted by atomic mass is 10.1. The first kappa shape index (κ1) is 12.5. The van der Waals surface area contributed by atoms with Gasteiger partial charge >= 0.3 is 0 Å². The molecule has 4 heteroatoms. The Morgan fingerprint density at radius 1 is 1.42 bits per heavy atom. The fourth-order valence-electron chi connectivity index (χ4n) is 3.27. The van der Waals surface area contributed by atoms with Gasteiger partial charge in [0, 0.05) is 30.9 Å². The normalized spacial score (nSPS) is 26.2. The first-order valence-corrected chi connectivity index (χ1v) is 6.99. The van der Waals surface area contributed by atoms with Gasteiger partial charge in [0.2, 0.25) is 0 Å². The maximum Gasteiger partial charge on any atom is 0.260 e. The minimum atomic E-state index is -0.991. The molecule has 3 rings (SSSR count). The number of aliphatic hydroxyl groups is 1. The summed E-state index contributed by atoms with van der Waals surface area (Å²) in [7, 11) is 1.72. The van der Waals surface area contributed by atoms with Crippen LogP contribution in [0.15, 0.2) is 18.2 Å². The van der Waals surface area contributed by atoms with Crippen LogP contribution in [0, 0.1) is 0 Å². The summed E-state index contributed by atoms with van der Waals surface area (Å²) in [5.74, 6) is -0.236. The van der Waals surface area contributed by atoms with Crippen LogP contribution in [0.3, 0.4) is 0 Å². The summed E-state index contributed by atoms with van der Waals surface area (Å²) >= 11 is 0. The number of amides is 1. The molecule has 2 aliphatic heterocycles. The number of hydrogen-bond acceptors (Lipinski definition) is 3. The molecule has 0 radical (unpaired) electrons. The molecule has 1 N–H and O–H groups in total. The van der Waals surface area contributed by atoms with Crippen molar-refractivity contribution in [1.29, 1.82) is 0 Å². The standard InChI is InChI=1S/C15H20N2O2/c1-3-10-5-4-8-17(10)11-6-7-12-13(9-11)16(2)15(19)14(12)18/h6-7,9-10,14,18H,3-5,8H2,1-2H3. The van der Waals surface area contributed by atoms with Gasteiger partial charge in [-0.3, -0.25) is 4.79 Å². The second kappa shape index (κ2) is 4.53. The number of benzene rings is 1. The van der Waals surface area contributed by atoms with E-state index in [0.29, 0.717) is 6.04 Å². The topological polar surface area (TPSA) is 43.8 Å². The predicted molar refractivity (Wildman–Crippen MR) is 75.5 cm³/mol. The molecule has 1 aromatic rings. The number of aliphatic hydroxyl groups excluding tert-OH is 1. The number of rotatable bonds is 2. The summed E-state index contributed by atoms with van der Waals surface area (Å²) in [5.41, 5.74) is 2.73. The zero-order valence-corrected chi connectivity index (χ0v) is 11.5. The minimum Gasteiger partial charge on any atom is -0.378 e. The number of carbonyl (C=O) groups excluding carboxylic acids is 1. The van der Waals surface area contributed by atoms with Crippen molar-refractivity contribution in [3.8, 4) is 0 Å². The number of likely N-dealkylation sites (N-methyl/N-ethyl adjacent to an activating group) is 1. The van der Waals surface area contributed by atoms with Gasteiger partial charge in [0.1, 0.15) is 0 Å². The highest BCUT2D eigenvalue weighted by Gasteiger charge is 2.34. The highest BCUT2D eigenvalue weighted by Crippen LogP contribution is 2.39. The largest absolute Gasteiger partial charge is 0.378 e. The van der Waals surface area contributed by atoms with Crippen molar-refractivity contribution in [3.63, 3.8) is 0 Å². The van der Waals surface area contributed by atoms with Gasteiger partial charge in [-0.05, 0) is 31.4 Å². The summed E-state index contributed by atoms with van der Waals surface area (Å²) < 4.78 is 0. The average molecular weight is 260 g/mol. The summed E-state index contributed by atoms with van der Waals surface area (Å²) in [6, 6.07) is 6.56. The van der Waals surface area contributed by atoms with Crippen LogP contribution < -0.4 is 9.80 Å². The van der Waals surface area contributed by atoms with Crippen molar-refractivity contribution >= 4 is 17.3 Å². The van der Waals surface area contributed by atoms with E-state index >= 15 is 0 Å². The van der Waals surface area contributed by atoms with E-state index in [1.54, 1.807) is 11.9 Å². The average Bonchev–Trinajstić information content (AvgIpc) is 2.99. The molecule has 0 aromatic heterocycles. The molecule has 2 unspecified atom stereocenters. The smallest absolute Gasteiger partial charge is 0.260 e. The Morgan fingerprint density at radius 2 is 2.21 bits per heavy atom. The molecule has 1 amide bonds. The van der Waals surface area contributed by atoms with Crippen LogP contribution in [-0.4, -0.2) is 30.6 Å². The Hall–Kier alpha value is -1.55. The van der Waals surface area contributed by atoms with Gasteiger partial charge in [-0.25, -0.2) is 0 Å². The quantitative estimate of drug-likeness (QED) is 0.885. The first-order chi connectivity index (χ1) is 9.13. The molecule has 1 saturated heterocycles. The van der Waals surface area contributed by atoms with Crippen molar-refractivity contribution in [2.75, 3.05) is 23.4 Å². The maximum absolute atomic E-state index is 11.8. The predicted octanol–water partition coefficient (Wildman–Crippen LogP) is 2.08. The summed E-state index contributed by atoms with van der Waals surface area (Å²) in [4.78, 5) is 15.8. The molecule has 2 atom stereocenters. The van der Waals surface area contributed by atoms with Gasteiger partial charge in [-0.2, -0.15) is 0 Å². The molecule has 2 heterocycles. The highest BCUT2D eigenvalue weighted by atomic mass is 16.3. The molecule has 4 nitrogen and oxygen atoms in total. The van der Waals surface area contributed by atoms with Crippen molar-refractivity contribution in [3.05, 3.63) is 23.8 Å². The second-order valence-corrected chi connectivity index (χ2v) is 5.44. The lowest BCUT2D eigenvalue weighted by molar-refractivity contribution is -0.125. The summed E-state index contributed by atoms with van der Waals surface area (Å²) in [6.07, 6.45) is 2.63. The number of fused-ring (bicyclic) bond motifs is 1. The third-order valence-electron chi connectivity index (χ3n) is 4.41. The van der Waals surface area contributed by atoms with Gasteiger partial charge < -0.3 is 14.9 Å². The van der Waals surface area contributed by atoms with E-state index in [1.807, 2.05) is 18.2 Å². The van der Waals surface area contributed by atoms with Crippen molar-refractivity contribution in [2.24, 2.45) is 0 Å². The first-order valence-electron chi connectivity index (χ1n) is 6.99. The molecule has 0 aliphatic carbocycles. The van der Waals surface area contributed by atoms with E-state index < -0.39 is 6.10 Å². The molecule has 2 aliphatic rings. The molecule has 0 bridgehead atoms. The Bertz CT molecular complexity index is 515. The van der Waals surface area contributed by atoms with E-state index in [0.717, 1.165) is 29.9 Å². The van der Waals surface area contributed by atoms with Crippen LogP contribution in [0.2, 0.25) is 0 Å². The summed E-state index contributed by atoms with van der Waals surface area (Å²) in [5, 5.41) is 9.87. The fourth-order valence-corrected chi connectivity index (χ4v) is 3.27. The van der Waals surface area contributed by atoms with Gasteiger partial charge in [0.05, 0.1) is 5.69 Å². The SMILES string of the molecule is CCC1CCCN1c1ccc2c(c1)N(C)C(=O)C2O. The summed E-state index contributed by atoms with van der Waals surface area (Å²) in [6.45, 7) is 3.30. The molecular formula is C15H20N2O2. The van der Waals surface area contributed by atoms with Crippen LogP contribution in [0.4, 0.5) is 11.4 Å². The lowest BCUT2D eigenvalue weighted by Crippen LogP contribution is -2.28. The minimum absolute atomic E-state index is 0.236. The molecule has 1 fully saturated rings. The van der Waals surface area contributed by atoms with E-state index in [2.05, 4.69) is 11.8 Å². The number of nitrogens with zero attached hydrogens (tertiary/aromatic N) is 2. The van der Waals surface area contributed by atoms with Gasteiger partial charge in [-0.1, -0.05) is 13.0 Å². The van der Waals surface area contributed by atoms with E-state index in [4.69, 9.17) is 0 Å². The van der Waals surface area contributed by atoms with Crippen LogP contribution in [0.25, 0.3) is 0 Å². The molecular weight excluding hydrogens is 240 g/mol. The Morgan fingerprint density at radius 3 is 2.95 bits per heavy atom. The molecule has 19 heavy (non-hydrogen) atoms. The van der Waals surface area contributed by atoms with Gasteiger partial charge in [-0.15, -0.1) is 0 Å². The van der Waals surface area contributed by atoms with E-state index in [9.17, 15) is 9.90 Å². The van der Waals surface area contributed by atoms with Crippen LogP contribution in [-0.2, 0) is 4.79 Å². The number of hydrogen-bond donors (Lipinski definition) is 1. The van der Waals surface area contributed by atoms with Crippen molar-refractivity contribution in [2.45, 2.75) is 38.3 Å². The van der Waals surface area contributed by atoms with Gasteiger partial charge in [0.25, 0.3) is 5.91 Å². The monoisotopic (exact) mass is 260 g/mol. The Labute approximate surface area is 113 Å². The zero-order chi connectivity index (χ0) is 13.6. The van der Waals surface area contributed by atoms with Crippen LogP contribution >= 0.6 is 0 Å². The number of carbonyl (C=O) groups is 1. The number of anilines is 2. The molecule has 0 spiro atoms. The fraction of sp³-hybridized carbons (Fsp3) is 0.533. The molecule has 102 valence electrons.